The van der Waals surface area contributed by atoms with Gasteiger partial charge >= 0.3 is 6.09 Å². The van der Waals surface area contributed by atoms with Crippen LogP contribution < -0.4 is 11.1 Å². The van der Waals surface area contributed by atoms with Crippen molar-refractivity contribution in [3.05, 3.63) is 0 Å². The molecule has 0 spiro atoms. The van der Waals surface area contributed by atoms with Crippen LogP contribution >= 0.6 is 0 Å². The minimum absolute atomic E-state index is 0.0411. The summed E-state index contributed by atoms with van der Waals surface area (Å²) in [6.07, 6.45) is -0.221. The van der Waals surface area contributed by atoms with Gasteiger partial charge in [-0.05, 0) is 25.8 Å². The van der Waals surface area contributed by atoms with E-state index in [0.717, 1.165) is 4.90 Å². The second kappa shape index (κ2) is 6.65. The summed E-state index contributed by atoms with van der Waals surface area (Å²) in [4.78, 5) is 23.6. The molecule has 1 rings (SSSR count). The van der Waals surface area contributed by atoms with Crippen molar-refractivity contribution in [3.8, 4) is 0 Å². The first-order chi connectivity index (χ1) is 8.85. The first kappa shape index (κ1) is 15.6. The fraction of sp³-hybridized carbons (Fsp3) is 0.818. The van der Waals surface area contributed by atoms with Gasteiger partial charge in [0.15, 0.2) is 0 Å². The minimum atomic E-state index is -2.87. The zero-order chi connectivity index (χ0) is 14.5. The van der Waals surface area contributed by atoms with Gasteiger partial charge in [0.25, 0.3) is 5.92 Å². The van der Waals surface area contributed by atoms with E-state index >= 15 is 0 Å². The molecule has 1 heterocycles. The molecule has 0 radical (unpaired) electrons. The second-order valence-electron chi connectivity index (χ2n) is 4.65. The van der Waals surface area contributed by atoms with E-state index in [0.29, 0.717) is 19.4 Å². The quantitative estimate of drug-likeness (QED) is 0.621. The van der Waals surface area contributed by atoms with Crippen LogP contribution in [0.2, 0.25) is 0 Å². The van der Waals surface area contributed by atoms with Crippen molar-refractivity contribution in [1.82, 2.24) is 10.2 Å². The van der Waals surface area contributed by atoms with Gasteiger partial charge < -0.3 is 21.1 Å². The lowest BCUT2D eigenvalue weighted by atomic mass is 10.1. The van der Waals surface area contributed by atoms with Crippen molar-refractivity contribution < 1.29 is 23.5 Å². The number of halogens is 2. The highest BCUT2D eigenvalue weighted by atomic mass is 19.3. The monoisotopic (exact) mass is 279 g/mol. The highest BCUT2D eigenvalue weighted by molar-refractivity contribution is 5.85. The number of likely N-dealkylation sites (tertiary alicyclic amines) is 1. The molecule has 4 N–H and O–H groups in total. The maximum Gasteiger partial charge on any atom is 0.405 e. The van der Waals surface area contributed by atoms with Crippen LogP contribution in [0, 0.1) is 0 Å². The van der Waals surface area contributed by atoms with Crippen LogP contribution in [-0.2, 0) is 4.79 Å². The van der Waals surface area contributed by atoms with Crippen molar-refractivity contribution >= 4 is 12.0 Å². The van der Waals surface area contributed by atoms with Gasteiger partial charge in [-0.15, -0.1) is 0 Å². The maximum atomic E-state index is 13.0. The normalized spacial score (nSPS) is 19.2. The molecule has 6 nitrogen and oxygen atoms in total. The van der Waals surface area contributed by atoms with E-state index in [1.807, 2.05) is 0 Å². The Morgan fingerprint density at radius 1 is 1.42 bits per heavy atom. The number of unbranched alkanes of at least 4 members (excludes halogenated alkanes) is 1. The average molecular weight is 279 g/mol. The predicted molar refractivity (Wildman–Crippen MR) is 64.0 cm³/mol. The van der Waals surface area contributed by atoms with E-state index in [-0.39, 0.29) is 19.4 Å². The van der Waals surface area contributed by atoms with Crippen LogP contribution in [-0.4, -0.2) is 53.6 Å². The highest BCUT2D eigenvalue weighted by Gasteiger charge is 2.41. The van der Waals surface area contributed by atoms with Crippen molar-refractivity contribution in [2.75, 3.05) is 19.6 Å². The third-order valence-electron chi connectivity index (χ3n) is 3.02. The van der Waals surface area contributed by atoms with E-state index in [9.17, 15) is 18.4 Å². The number of alkyl halides is 2. The molecule has 1 saturated heterocycles. The zero-order valence-corrected chi connectivity index (χ0v) is 10.6. The number of rotatable bonds is 6. The molecule has 0 aromatic heterocycles. The Hall–Kier alpha value is -1.44. The summed E-state index contributed by atoms with van der Waals surface area (Å²) in [5, 5.41) is 10.8. The Bertz CT molecular complexity index is 339. The number of hydrogen-bond donors (Lipinski definition) is 3. The molecule has 19 heavy (non-hydrogen) atoms. The molecule has 0 bridgehead atoms. The van der Waals surface area contributed by atoms with Gasteiger partial charge in [-0.25, -0.2) is 13.6 Å². The van der Waals surface area contributed by atoms with Gasteiger partial charge in [-0.2, -0.15) is 0 Å². The number of carboxylic acid groups (broad SMARTS) is 1. The Morgan fingerprint density at radius 2 is 2.11 bits per heavy atom. The Balaban J connectivity index is 2.58. The van der Waals surface area contributed by atoms with E-state index in [4.69, 9.17) is 10.8 Å². The SMILES string of the molecule is NCCCC[C@H](NC(=O)O)C(=O)N1CCC(F)(F)C1. The fourth-order valence-corrected chi connectivity index (χ4v) is 2.04. The van der Waals surface area contributed by atoms with Gasteiger partial charge in [-0.3, -0.25) is 4.79 Å². The lowest BCUT2D eigenvalue weighted by Gasteiger charge is -2.23. The van der Waals surface area contributed by atoms with Crippen LogP contribution in [0.15, 0.2) is 0 Å². The van der Waals surface area contributed by atoms with Gasteiger partial charge in [0, 0.05) is 13.0 Å². The summed E-state index contributed by atoms with van der Waals surface area (Å²) in [6.45, 7) is -0.239. The number of nitrogens with two attached hydrogens (primary N) is 1. The maximum absolute atomic E-state index is 13.0. The number of carbonyl (C=O) groups is 2. The number of nitrogens with zero attached hydrogens (tertiary/aromatic N) is 1. The Kier molecular flexibility index (Phi) is 5.46. The Labute approximate surface area is 109 Å². The summed E-state index contributed by atoms with van der Waals surface area (Å²) < 4.78 is 26.1. The van der Waals surface area contributed by atoms with Crippen molar-refractivity contribution in [2.24, 2.45) is 5.73 Å². The van der Waals surface area contributed by atoms with Gasteiger partial charge in [-0.1, -0.05) is 0 Å². The van der Waals surface area contributed by atoms with Crippen LogP contribution in [0.3, 0.4) is 0 Å². The van der Waals surface area contributed by atoms with Crippen LogP contribution in [0.4, 0.5) is 13.6 Å². The molecule has 110 valence electrons. The fourth-order valence-electron chi connectivity index (χ4n) is 2.04. The first-order valence-electron chi connectivity index (χ1n) is 6.22. The Morgan fingerprint density at radius 3 is 2.58 bits per heavy atom. The van der Waals surface area contributed by atoms with Gasteiger partial charge in [0.2, 0.25) is 5.91 Å². The molecular weight excluding hydrogens is 260 g/mol. The number of nitrogens with one attached hydrogen (secondary N) is 1. The van der Waals surface area contributed by atoms with E-state index in [1.54, 1.807) is 0 Å². The van der Waals surface area contributed by atoms with E-state index in [1.165, 1.54) is 0 Å². The molecule has 8 heteroatoms. The summed E-state index contributed by atoms with van der Waals surface area (Å²) in [7, 11) is 0. The van der Waals surface area contributed by atoms with Crippen LogP contribution in [0.25, 0.3) is 0 Å². The third kappa shape index (κ3) is 4.98. The standard InChI is InChI=1S/C11H19F2N3O3/c12-11(13)4-6-16(7-11)9(17)8(15-10(18)19)3-1-2-5-14/h8,15H,1-7,14H2,(H,18,19)/t8-/m0/s1. The number of hydrogen-bond acceptors (Lipinski definition) is 3. The molecule has 0 aromatic carbocycles. The smallest absolute Gasteiger partial charge is 0.405 e. The lowest BCUT2D eigenvalue weighted by Crippen LogP contribution is -2.48. The average Bonchev–Trinajstić information content (AvgIpc) is 2.67. The minimum Gasteiger partial charge on any atom is -0.465 e. The van der Waals surface area contributed by atoms with Crippen LogP contribution in [0.1, 0.15) is 25.7 Å². The van der Waals surface area contributed by atoms with Crippen molar-refractivity contribution in [2.45, 2.75) is 37.6 Å². The molecule has 0 aliphatic carbocycles. The molecule has 0 unspecified atom stereocenters. The molecule has 0 saturated carbocycles. The zero-order valence-electron chi connectivity index (χ0n) is 10.6. The summed E-state index contributed by atoms with van der Waals surface area (Å²) in [5.74, 6) is -3.46. The molecule has 0 aromatic rings. The molecule has 1 atom stereocenters. The molecule has 1 aliphatic rings. The molecule has 1 fully saturated rings. The van der Waals surface area contributed by atoms with Crippen LogP contribution in [0.5, 0.6) is 0 Å². The largest absolute Gasteiger partial charge is 0.465 e. The molecule has 2 amide bonds. The summed E-state index contributed by atoms with van der Waals surface area (Å²) in [6, 6.07) is -0.974. The first-order valence-corrected chi connectivity index (χ1v) is 6.22. The summed E-state index contributed by atoms with van der Waals surface area (Å²) >= 11 is 0. The van der Waals surface area contributed by atoms with E-state index in [2.05, 4.69) is 5.32 Å². The second-order valence-corrected chi connectivity index (χ2v) is 4.65. The molecular formula is C11H19F2N3O3. The summed E-state index contributed by atoms with van der Waals surface area (Å²) in [5.41, 5.74) is 5.32. The van der Waals surface area contributed by atoms with Crippen molar-refractivity contribution in [1.29, 1.82) is 0 Å². The highest BCUT2D eigenvalue weighted by Crippen LogP contribution is 2.27. The molecule has 1 aliphatic heterocycles. The predicted octanol–water partition coefficient (Wildman–Crippen LogP) is 0.619. The van der Waals surface area contributed by atoms with E-state index < -0.39 is 30.5 Å². The lowest BCUT2D eigenvalue weighted by molar-refractivity contribution is -0.134. The number of amides is 2. The van der Waals surface area contributed by atoms with Crippen molar-refractivity contribution in [3.63, 3.8) is 0 Å². The topological polar surface area (TPSA) is 95.7 Å². The van der Waals surface area contributed by atoms with Gasteiger partial charge in [0.1, 0.15) is 6.04 Å². The number of carbonyl (C=O) groups excluding carboxylic acids is 1. The third-order valence-corrected chi connectivity index (χ3v) is 3.02. The van der Waals surface area contributed by atoms with Gasteiger partial charge in [0.05, 0.1) is 6.54 Å².